The van der Waals surface area contributed by atoms with E-state index in [4.69, 9.17) is 4.74 Å². The van der Waals surface area contributed by atoms with Crippen LogP contribution in [-0.4, -0.2) is 91.6 Å². The second kappa shape index (κ2) is 10.5. The maximum Gasteiger partial charge on any atom is 0.253 e. The van der Waals surface area contributed by atoms with Gasteiger partial charge in [0.05, 0.1) is 0 Å². The molecule has 2 heterocycles. The van der Waals surface area contributed by atoms with Gasteiger partial charge in [0.1, 0.15) is 11.9 Å². The predicted octanol–water partition coefficient (Wildman–Crippen LogP) is 3.06. The van der Waals surface area contributed by atoms with E-state index in [2.05, 4.69) is 21.6 Å². The molecule has 0 unspecified atom stereocenters. The van der Waals surface area contributed by atoms with Gasteiger partial charge < -0.3 is 19.4 Å². The number of ether oxygens (including phenoxy) is 1. The zero-order chi connectivity index (χ0) is 19.9. The van der Waals surface area contributed by atoms with E-state index in [9.17, 15) is 4.79 Å². The van der Waals surface area contributed by atoms with Gasteiger partial charge in [0.15, 0.2) is 0 Å². The van der Waals surface area contributed by atoms with Crippen molar-refractivity contribution in [1.82, 2.24) is 14.7 Å². The number of rotatable bonds is 7. The Morgan fingerprint density at radius 2 is 1.82 bits per heavy atom. The van der Waals surface area contributed by atoms with E-state index in [1.807, 2.05) is 45.4 Å². The fourth-order valence-corrected chi connectivity index (χ4v) is 5.06. The summed E-state index contributed by atoms with van der Waals surface area (Å²) in [5.41, 5.74) is 0.705. The van der Waals surface area contributed by atoms with Crippen LogP contribution < -0.4 is 4.74 Å². The highest BCUT2D eigenvalue weighted by Gasteiger charge is 2.27. The highest BCUT2D eigenvalue weighted by Crippen LogP contribution is 2.26. The molecule has 0 bridgehead atoms. The number of hydrogen-bond donors (Lipinski definition) is 0. The third kappa shape index (κ3) is 6.13. The Morgan fingerprint density at radius 3 is 2.50 bits per heavy atom. The van der Waals surface area contributed by atoms with Crippen molar-refractivity contribution in [3.05, 3.63) is 29.8 Å². The molecule has 0 spiro atoms. The van der Waals surface area contributed by atoms with Crippen molar-refractivity contribution in [3.63, 3.8) is 0 Å². The molecular formula is C22H35N3O2S. The first-order valence-corrected chi connectivity index (χ1v) is 11.7. The van der Waals surface area contributed by atoms with Crippen LogP contribution in [0.3, 0.4) is 0 Å². The Kier molecular flexibility index (Phi) is 8.06. The van der Waals surface area contributed by atoms with Gasteiger partial charge in [-0.25, -0.2) is 0 Å². The third-order valence-electron chi connectivity index (χ3n) is 5.80. The normalized spacial score (nSPS) is 19.7. The molecule has 6 heteroatoms. The van der Waals surface area contributed by atoms with Crippen molar-refractivity contribution in [3.8, 4) is 5.75 Å². The van der Waals surface area contributed by atoms with Crippen molar-refractivity contribution in [1.29, 1.82) is 0 Å². The number of amides is 1. The highest BCUT2D eigenvalue weighted by molar-refractivity contribution is 7.99. The van der Waals surface area contributed by atoms with E-state index in [-0.39, 0.29) is 12.0 Å². The molecule has 1 aromatic rings. The van der Waals surface area contributed by atoms with Gasteiger partial charge in [0, 0.05) is 44.8 Å². The Labute approximate surface area is 174 Å². The Hall–Kier alpha value is -1.24. The van der Waals surface area contributed by atoms with Crippen LogP contribution in [0.1, 0.15) is 36.0 Å². The molecule has 0 aliphatic carbocycles. The van der Waals surface area contributed by atoms with E-state index < -0.39 is 0 Å². The van der Waals surface area contributed by atoms with Crippen LogP contribution in [0, 0.1) is 0 Å². The zero-order valence-electron chi connectivity index (χ0n) is 17.6. The number of thioether (sulfide) groups is 1. The number of benzene rings is 1. The van der Waals surface area contributed by atoms with Crippen LogP contribution in [-0.2, 0) is 0 Å². The minimum Gasteiger partial charge on any atom is -0.490 e. The van der Waals surface area contributed by atoms with Crippen LogP contribution in [0.4, 0.5) is 0 Å². The molecule has 2 fully saturated rings. The largest absolute Gasteiger partial charge is 0.490 e. The van der Waals surface area contributed by atoms with Gasteiger partial charge in [-0.3, -0.25) is 4.79 Å². The lowest BCUT2D eigenvalue weighted by Crippen LogP contribution is -2.45. The van der Waals surface area contributed by atoms with E-state index in [1.54, 1.807) is 4.90 Å². The second-order valence-corrected chi connectivity index (χ2v) is 9.48. The average Bonchev–Trinajstić information content (AvgIpc) is 2.73. The lowest BCUT2D eigenvalue weighted by molar-refractivity contribution is 0.0718. The van der Waals surface area contributed by atoms with Gasteiger partial charge in [-0.05, 0) is 69.5 Å². The fourth-order valence-electron chi connectivity index (χ4n) is 3.98. The van der Waals surface area contributed by atoms with E-state index in [1.165, 1.54) is 24.3 Å². The number of carbonyl (C=O) groups is 1. The maximum atomic E-state index is 12.7. The number of nitrogens with zero attached hydrogens (tertiary/aromatic N) is 3. The van der Waals surface area contributed by atoms with E-state index >= 15 is 0 Å². The number of likely N-dealkylation sites (N-methyl/N-ethyl adjacent to an activating group) is 2. The molecule has 0 N–H and O–H groups in total. The molecule has 28 heavy (non-hydrogen) atoms. The van der Waals surface area contributed by atoms with Crippen LogP contribution >= 0.6 is 11.8 Å². The zero-order valence-corrected chi connectivity index (χ0v) is 18.4. The molecule has 1 aromatic carbocycles. The maximum absolute atomic E-state index is 12.7. The molecule has 0 aromatic heterocycles. The number of likely N-dealkylation sites (tertiary alicyclic amines) is 1. The summed E-state index contributed by atoms with van der Waals surface area (Å²) in [6.45, 7) is 3.84. The van der Waals surface area contributed by atoms with Gasteiger partial charge in [-0.1, -0.05) is 6.07 Å². The Balaban J connectivity index is 1.50. The molecule has 0 atom stereocenters. The van der Waals surface area contributed by atoms with Crippen molar-refractivity contribution in [2.45, 2.75) is 37.8 Å². The fraction of sp³-hybridized carbons (Fsp3) is 0.682. The van der Waals surface area contributed by atoms with Crippen LogP contribution in [0.25, 0.3) is 0 Å². The summed E-state index contributed by atoms with van der Waals surface area (Å²) in [6.07, 6.45) is 5.07. The summed E-state index contributed by atoms with van der Waals surface area (Å²) in [7, 11) is 5.90. The predicted molar refractivity (Wildman–Crippen MR) is 118 cm³/mol. The summed E-state index contributed by atoms with van der Waals surface area (Å²) >= 11 is 2.09. The topological polar surface area (TPSA) is 36.0 Å². The lowest BCUT2D eigenvalue weighted by Gasteiger charge is -2.39. The number of hydrogen-bond acceptors (Lipinski definition) is 5. The molecular weight excluding hydrogens is 370 g/mol. The Morgan fingerprint density at radius 1 is 1.11 bits per heavy atom. The monoisotopic (exact) mass is 405 g/mol. The van der Waals surface area contributed by atoms with Gasteiger partial charge in [0.25, 0.3) is 5.91 Å². The molecule has 1 amide bonds. The Bertz CT molecular complexity index is 626. The quantitative estimate of drug-likeness (QED) is 0.697. The number of carbonyl (C=O) groups excluding carboxylic acids is 1. The summed E-state index contributed by atoms with van der Waals surface area (Å²) in [5.74, 6) is 3.49. The first-order valence-electron chi connectivity index (χ1n) is 10.5. The van der Waals surface area contributed by atoms with Gasteiger partial charge in [-0.2, -0.15) is 11.8 Å². The SMILES string of the molecule is CN(C)CCN(C)C(=O)c1cccc(OC2CCN(C3CCSCC3)CC2)c1. The molecule has 156 valence electrons. The highest BCUT2D eigenvalue weighted by atomic mass is 32.2. The van der Waals surface area contributed by atoms with Gasteiger partial charge in [-0.15, -0.1) is 0 Å². The molecule has 2 saturated heterocycles. The second-order valence-electron chi connectivity index (χ2n) is 8.25. The third-order valence-corrected chi connectivity index (χ3v) is 6.85. The molecule has 2 aliphatic heterocycles. The van der Waals surface area contributed by atoms with Crippen molar-refractivity contribution < 1.29 is 9.53 Å². The van der Waals surface area contributed by atoms with Crippen LogP contribution in [0.5, 0.6) is 5.75 Å². The van der Waals surface area contributed by atoms with Crippen molar-refractivity contribution in [2.24, 2.45) is 0 Å². The smallest absolute Gasteiger partial charge is 0.253 e. The molecule has 0 saturated carbocycles. The first-order chi connectivity index (χ1) is 13.5. The van der Waals surface area contributed by atoms with E-state index in [0.717, 1.165) is 50.8 Å². The average molecular weight is 406 g/mol. The molecule has 0 radical (unpaired) electrons. The first kappa shape index (κ1) is 21.5. The minimum atomic E-state index is 0.0530. The molecule has 2 aliphatic rings. The van der Waals surface area contributed by atoms with Crippen LogP contribution in [0.2, 0.25) is 0 Å². The van der Waals surface area contributed by atoms with E-state index in [0.29, 0.717) is 5.56 Å². The molecule has 5 nitrogen and oxygen atoms in total. The van der Waals surface area contributed by atoms with Crippen molar-refractivity contribution >= 4 is 17.7 Å². The summed E-state index contributed by atoms with van der Waals surface area (Å²) in [4.78, 5) is 19.2. The van der Waals surface area contributed by atoms with Crippen molar-refractivity contribution in [2.75, 3.05) is 58.8 Å². The summed E-state index contributed by atoms with van der Waals surface area (Å²) in [6, 6.07) is 8.46. The standard InChI is InChI=1S/C22H35N3O2S/c1-23(2)13-14-24(3)22(26)18-5-4-6-21(17-18)27-20-7-11-25(12-8-20)19-9-15-28-16-10-19/h4-6,17,19-20H,7-16H2,1-3H3. The molecule has 3 rings (SSSR count). The summed E-state index contributed by atoms with van der Waals surface area (Å²) < 4.78 is 6.25. The number of piperidine rings is 1. The van der Waals surface area contributed by atoms with Gasteiger partial charge >= 0.3 is 0 Å². The minimum absolute atomic E-state index is 0.0530. The lowest BCUT2D eigenvalue weighted by atomic mass is 10.0. The van der Waals surface area contributed by atoms with Crippen LogP contribution in [0.15, 0.2) is 24.3 Å². The van der Waals surface area contributed by atoms with Gasteiger partial charge in [0.2, 0.25) is 0 Å². The summed E-state index contributed by atoms with van der Waals surface area (Å²) in [5, 5.41) is 0.